The number of amides is 2. The molecular formula is C23H34N4O4. The number of fused-ring (bicyclic) bond motifs is 1. The first kappa shape index (κ1) is 20.9. The van der Waals surface area contributed by atoms with E-state index >= 15 is 0 Å². The second kappa shape index (κ2) is 8.54. The third-order valence-corrected chi connectivity index (χ3v) is 7.83. The van der Waals surface area contributed by atoms with Crippen LogP contribution in [0.15, 0.2) is 10.6 Å². The number of nitrogens with zero attached hydrogens (tertiary/aromatic N) is 3. The summed E-state index contributed by atoms with van der Waals surface area (Å²) in [6, 6.07) is 2.58. The van der Waals surface area contributed by atoms with Gasteiger partial charge >= 0.3 is 0 Å². The zero-order valence-corrected chi connectivity index (χ0v) is 18.5. The van der Waals surface area contributed by atoms with E-state index in [1.54, 1.807) is 6.07 Å². The molecular weight excluding hydrogens is 396 g/mol. The van der Waals surface area contributed by atoms with Gasteiger partial charge in [-0.3, -0.25) is 14.5 Å². The number of morpholine rings is 1. The first-order valence-corrected chi connectivity index (χ1v) is 12.0. The quantitative estimate of drug-likeness (QED) is 0.767. The average Bonchev–Trinajstić information content (AvgIpc) is 3.50. The molecule has 0 aromatic carbocycles. The van der Waals surface area contributed by atoms with Gasteiger partial charge in [-0.2, -0.15) is 0 Å². The first-order chi connectivity index (χ1) is 15.1. The second-order valence-electron chi connectivity index (χ2n) is 9.73. The van der Waals surface area contributed by atoms with Gasteiger partial charge < -0.3 is 19.5 Å². The smallest absolute Gasteiger partial charge is 0.292 e. The van der Waals surface area contributed by atoms with Gasteiger partial charge in [-0.1, -0.05) is 12.1 Å². The van der Waals surface area contributed by atoms with Gasteiger partial charge in [0, 0.05) is 44.3 Å². The summed E-state index contributed by atoms with van der Waals surface area (Å²) >= 11 is 0. The fourth-order valence-corrected chi connectivity index (χ4v) is 5.74. The van der Waals surface area contributed by atoms with Gasteiger partial charge in [0.25, 0.3) is 5.91 Å². The molecule has 3 heterocycles. The molecule has 0 bridgehead atoms. The molecule has 2 aliphatic carbocycles. The van der Waals surface area contributed by atoms with E-state index in [2.05, 4.69) is 15.4 Å². The molecule has 2 aliphatic heterocycles. The molecule has 3 atom stereocenters. The SMILES string of the molecule is CCc1cc(C(=O)N2CC[C@@H]3C[C@@H](N4CCOCC4)CC[C@@]3(C(=O)NC3CC3)C2)on1. The molecule has 170 valence electrons. The van der Waals surface area contributed by atoms with Crippen LogP contribution in [0.5, 0.6) is 0 Å². The lowest BCUT2D eigenvalue weighted by Gasteiger charge is -2.53. The molecule has 1 aromatic heterocycles. The summed E-state index contributed by atoms with van der Waals surface area (Å²) < 4.78 is 10.8. The van der Waals surface area contributed by atoms with Crippen LogP contribution < -0.4 is 5.32 Å². The molecule has 1 N–H and O–H groups in total. The molecule has 31 heavy (non-hydrogen) atoms. The van der Waals surface area contributed by atoms with Crippen LogP contribution in [0.4, 0.5) is 0 Å². The standard InChI is InChI=1S/C23H34N4O4/c1-2-17-14-20(31-25-17)21(28)27-8-6-16-13-19(26-9-11-30-12-10-26)5-7-23(16,15-27)22(29)24-18-3-4-18/h14,16,18-19H,2-13,15H2,1H3,(H,24,29)/t16-,19+,23-/m1/s1. The van der Waals surface area contributed by atoms with Gasteiger partial charge in [-0.25, -0.2) is 0 Å². The van der Waals surface area contributed by atoms with Crippen LogP contribution in [0.3, 0.4) is 0 Å². The monoisotopic (exact) mass is 430 g/mol. The highest BCUT2D eigenvalue weighted by Gasteiger charge is 2.54. The molecule has 2 saturated heterocycles. The van der Waals surface area contributed by atoms with Crippen molar-refractivity contribution in [2.24, 2.45) is 11.3 Å². The maximum atomic E-state index is 13.5. The Morgan fingerprint density at radius 1 is 1.19 bits per heavy atom. The van der Waals surface area contributed by atoms with Gasteiger partial charge in [-0.05, 0) is 50.9 Å². The van der Waals surface area contributed by atoms with Crippen molar-refractivity contribution in [3.05, 3.63) is 17.5 Å². The molecule has 2 amide bonds. The minimum atomic E-state index is -0.493. The van der Waals surface area contributed by atoms with E-state index in [0.29, 0.717) is 31.1 Å². The minimum absolute atomic E-state index is 0.139. The van der Waals surface area contributed by atoms with Crippen LogP contribution in [0.2, 0.25) is 0 Å². The Morgan fingerprint density at radius 2 is 2.00 bits per heavy atom. The number of nitrogens with one attached hydrogen (secondary N) is 1. The number of piperidine rings is 1. The Balaban J connectivity index is 1.34. The van der Waals surface area contributed by atoms with Gasteiger partial charge in [-0.15, -0.1) is 0 Å². The molecule has 0 spiro atoms. The number of rotatable bonds is 5. The van der Waals surface area contributed by atoms with Crippen LogP contribution >= 0.6 is 0 Å². The molecule has 8 heteroatoms. The van der Waals surface area contributed by atoms with Gasteiger partial charge in [0.05, 0.1) is 24.3 Å². The molecule has 1 aromatic rings. The highest BCUT2D eigenvalue weighted by Crippen LogP contribution is 2.48. The van der Waals surface area contributed by atoms with Gasteiger partial charge in [0.15, 0.2) is 0 Å². The average molecular weight is 431 g/mol. The van der Waals surface area contributed by atoms with Gasteiger partial charge in [0.2, 0.25) is 11.7 Å². The number of carbonyl (C=O) groups is 2. The lowest BCUT2D eigenvalue weighted by molar-refractivity contribution is -0.143. The number of aryl methyl sites for hydroxylation is 1. The summed E-state index contributed by atoms with van der Waals surface area (Å²) in [5.41, 5.74) is 0.290. The third kappa shape index (κ3) is 4.12. The fourth-order valence-electron chi connectivity index (χ4n) is 5.74. The Kier molecular flexibility index (Phi) is 5.77. The largest absolute Gasteiger partial charge is 0.379 e. The Bertz CT molecular complexity index is 816. The molecule has 5 rings (SSSR count). The van der Waals surface area contributed by atoms with E-state index in [-0.39, 0.29) is 17.6 Å². The summed E-state index contributed by atoms with van der Waals surface area (Å²) in [5.74, 6) is 0.608. The van der Waals surface area contributed by atoms with Crippen molar-refractivity contribution in [1.29, 1.82) is 0 Å². The zero-order valence-electron chi connectivity index (χ0n) is 18.5. The van der Waals surface area contributed by atoms with E-state index in [4.69, 9.17) is 9.26 Å². The Morgan fingerprint density at radius 3 is 2.71 bits per heavy atom. The van der Waals surface area contributed by atoms with E-state index in [9.17, 15) is 9.59 Å². The first-order valence-electron chi connectivity index (χ1n) is 12.0. The minimum Gasteiger partial charge on any atom is -0.379 e. The summed E-state index contributed by atoms with van der Waals surface area (Å²) in [5, 5.41) is 7.25. The van der Waals surface area contributed by atoms with Gasteiger partial charge in [0.1, 0.15) is 0 Å². The van der Waals surface area contributed by atoms with E-state index in [1.807, 2.05) is 11.8 Å². The van der Waals surface area contributed by atoms with E-state index in [1.165, 1.54) is 0 Å². The maximum Gasteiger partial charge on any atom is 0.292 e. The molecule has 0 radical (unpaired) electrons. The number of hydrogen-bond donors (Lipinski definition) is 1. The van der Waals surface area contributed by atoms with Crippen LogP contribution in [0, 0.1) is 11.3 Å². The lowest BCUT2D eigenvalue weighted by atomic mass is 9.60. The Hall–Kier alpha value is -1.93. The third-order valence-electron chi connectivity index (χ3n) is 7.83. The summed E-state index contributed by atoms with van der Waals surface area (Å²) in [6.45, 7) is 6.69. The normalized spacial score (nSPS) is 31.8. The van der Waals surface area contributed by atoms with Crippen LogP contribution in [0.25, 0.3) is 0 Å². The van der Waals surface area contributed by atoms with E-state index in [0.717, 1.165) is 76.9 Å². The highest BCUT2D eigenvalue weighted by molar-refractivity contribution is 5.92. The fraction of sp³-hybridized carbons (Fsp3) is 0.783. The molecule has 4 fully saturated rings. The summed E-state index contributed by atoms with van der Waals surface area (Å²) in [4.78, 5) is 31.1. The number of likely N-dealkylation sites (tertiary alicyclic amines) is 1. The van der Waals surface area contributed by atoms with Crippen molar-refractivity contribution in [3.8, 4) is 0 Å². The summed E-state index contributed by atoms with van der Waals surface area (Å²) in [7, 11) is 0. The van der Waals surface area contributed by atoms with Crippen molar-refractivity contribution in [3.63, 3.8) is 0 Å². The lowest BCUT2D eigenvalue weighted by Crippen LogP contribution is -2.61. The topological polar surface area (TPSA) is 87.9 Å². The van der Waals surface area contributed by atoms with Crippen LogP contribution in [-0.2, 0) is 16.0 Å². The van der Waals surface area contributed by atoms with Crippen molar-refractivity contribution < 1.29 is 18.8 Å². The number of carbonyl (C=O) groups excluding carboxylic acids is 2. The predicted octanol–water partition coefficient (Wildman–Crippen LogP) is 1.85. The number of ether oxygens (including phenoxy) is 1. The predicted molar refractivity (Wildman–Crippen MR) is 114 cm³/mol. The van der Waals surface area contributed by atoms with Crippen molar-refractivity contribution in [2.45, 2.75) is 64.0 Å². The van der Waals surface area contributed by atoms with Crippen molar-refractivity contribution >= 4 is 11.8 Å². The second-order valence-corrected chi connectivity index (χ2v) is 9.73. The van der Waals surface area contributed by atoms with Crippen molar-refractivity contribution in [2.75, 3.05) is 39.4 Å². The zero-order chi connectivity index (χ0) is 21.4. The number of aromatic nitrogens is 1. The highest BCUT2D eigenvalue weighted by atomic mass is 16.5. The Labute approximate surface area is 183 Å². The molecule has 4 aliphatic rings. The van der Waals surface area contributed by atoms with Crippen LogP contribution in [-0.4, -0.2) is 78.2 Å². The molecule has 0 unspecified atom stereocenters. The van der Waals surface area contributed by atoms with E-state index < -0.39 is 5.41 Å². The summed E-state index contributed by atoms with van der Waals surface area (Å²) in [6.07, 6.45) is 6.60. The molecule has 8 nitrogen and oxygen atoms in total. The van der Waals surface area contributed by atoms with Crippen molar-refractivity contribution in [1.82, 2.24) is 20.3 Å². The van der Waals surface area contributed by atoms with Crippen LogP contribution in [0.1, 0.15) is 61.7 Å². The maximum absolute atomic E-state index is 13.5. The number of hydrogen-bond acceptors (Lipinski definition) is 6. The molecule has 2 saturated carbocycles.